The van der Waals surface area contributed by atoms with E-state index in [4.69, 9.17) is 16.5 Å². The first kappa shape index (κ1) is 13.8. The van der Waals surface area contributed by atoms with Crippen LogP contribution in [0.25, 0.3) is 0 Å². The van der Waals surface area contributed by atoms with Gasteiger partial charge in [-0.1, -0.05) is 6.07 Å². The van der Waals surface area contributed by atoms with E-state index in [1.807, 2.05) is 6.07 Å². The summed E-state index contributed by atoms with van der Waals surface area (Å²) in [5.74, 6) is 2.25. The maximum Gasteiger partial charge on any atom is 0.206 e. The quantitative estimate of drug-likeness (QED) is 0.745. The Balaban J connectivity index is 1.81. The Morgan fingerprint density at radius 3 is 3.04 bits per heavy atom. The predicted octanol–water partition coefficient (Wildman–Crippen LogP) is 2.12. The molecule has 1 aromatic carbocycles. The van der Waals surface area contributed by atoms with Crippen LogP contribution in [-0.4, -0.2) is 43.1 Å². The number of carbonyl (C=O) groups is 1. The van der Waals surface area contributed by atoms with Crippen LogP contribution in [0.1, 0.15) is 30.4 Å². The maximum absolute atomic E-state index is 12.7. The Morgan fingerprint density at radius 1 is 1.43 bits per heavy atom. The zero-order chi connectivity index (χ0) is 16.0. The number of hydrogen-bond donors (Lipinski definition) is 0. The first-order chi connectivity index (χ1) is 11.0. The second-order valence-corrected chi connectivity index (χ2v) is 7.87. The van der Waals surface area contributed by atoms with Crippen LogP contribution < -0.4 is 9.47 Å². The van der Waals surface area contributed by atoms with Crippen LogP contribution in [0.5, 0.6) is 11.5 Å². The summed E-state index contributed by atoms with van der Waals surface area (Å²) in [5, 5.41) is 0. The van der Waals surface area contributed by atoms with Crippen LogP contribution in [-0.2, 0) is 16.6 Å². The molecule has 0 aromatic heterocycles. The van der Waals surface area contributed by atoms with Crippen molar-refractivity contribution >= 4 is 5.78 Å². The lowest BCUT2D eigenvalue weighted by atomic mass is 9.51. The molecule has 2 aliphatic heterocycles. The molecule has 2 radical (unpaired) electrons. The van der Waals surface area contributed by atoms with E-state index in [2.05, 4.69) is 13.1 Å². The smallest absolute Gasteiger partial charge is 0.206 e. The Bertz CT molecular complexity index is 726. The summed E-state index contributed by atoms with van der Waals surface area (Å²) in [6.45, 7) is 0.893. The van der Waals surface area contributed by atoms with Crippen molar-refractivity contribution in [2.75, 3.05) is 20.7 Å². The highest BCUT2D eigenvalue weighted by Gasteiger charge is 2.68. The summed E-state index contributed by atoms with van der Waals surface area (Å²) >= 11 is 0. The van der Waals surface area contributed by atoms with Gasteiger partial charge in [-0.3, -0.25) is 4.79 Å². The second-order valence-electron chi connectivity index (χ2n) is 7.87. The number of likely N-dealkylation sites (N-methyl/N-ethyl adjacent to an activating group) is 1. The number of hydrogen-bond acceptors (Lipinski definition) is 3. The summed E-state index contributed by atoms with van der Waals surface area (Å²) in [6, 6.07) is 4.50. The lowest BCUT2D eigenvalue weighted by Gasteiger charge is -2.58. The molecule has 5 rings (SSSR count). The number of benzene rings is 1. The first-order valence-corrected chi connectivity index (χ1v) is 8.52. The Kier molecular flexibility index (Phi) is 2.47. The molecule has 1 aromatic rings. The number of rotatable bonds is 1. The summed E-state index contributed by atoms with van der Waals surface area (Å²) in [5.41, 5.74) is 2.39. The molecule has 2 bridgehead atoms. The minimum atomic E-state index is -0.339. The van der Waals surface area contributed by atoms with Crippen molar-refractivity contribution < 1.29 is 18.8 Å². The van der Waals surface area contributed by atoms with Gasteiger partial charge < -0.3 is 14.0 Å². The summed E-state index contributed by atoms with van der Waals surface area (Å²) in [7, 11) is 10.4. The fraction of sp³-hybridized carbons (Fsp3) is 0.579. The molecule has 1 saturated carbocycles. The molecule has 1 saturated heterocycles. The third kappa shape index (κ3) is 1.44. The zero-order valence-electron chi connectivity index (χ0n) is 13.7. The van der Waals surface area contributed by atoms with Gasteiger partial charge in [0.05, 0.1) is 32.2 Å². The third-order valence-corrected chi connectivity index (χ3v) is 6.91. The molecule has 2 fully saturated rings. The van der Waals surface area contributed by atoms with Crippen LogP contribution in [0.15, 0.2) is 12.1 Å². The maximum atomic E-state index is 12.7. The third-order valence-electron chi connectivity index (χ3n) is 6.91. The Hall–Kier alpha value is -1.55. The summed E-state index contributed by atoms with van der Waals surface area (Å²) in [4.78, 5) is 12.7. The number of Topliss-reactive ketones (excluding diaryl/α,β-unsaturated/α-hetero) is 1. The van der Waals surface area contributed by atoms with E-state index in [-0.39, 0.29) is 17.3 Å². The van der Waals surface area contributed by atoms with Crippen molar-refractivity contribution in [3.05, 3.63) is 30.3 Å². The topological polar surface area (TPSA) is 35.5 Å². The number of methoxy groups -OCH3 is 1. The van der Waals surface area contributed by atoms with Crippen LogP contribution in [0.4, 0.5) is 0 Å². The molecule has 0 N–H and O–H groups in total. The molecular weight excluding hydrogens is 290 g/mol. The Morgan fingerprint density at radius 2 is 2.26 bits per heavy atom. The van der Waals surface area contributed by atoms with Crippen molar-refractivity contribution in [1.82, 2.24) is 0 Å². The highest BCUT2D eigenvalue weighted by atomic mass is 16.5. The van der Waals surface area contributed by atoms with Crippen molar-refractivity contribution in [2.24, 2.45) is 5.92 Å². The van der Waals surface area contributed by atoms with Gasteiger partial charge in [0.25, 0.3) is 0 Å². The lowest BCUT2D eigenvalue weighted by Crippen LogP contribution is -2.69. The molecule has 23 heavy (non-hydrogen) atoms. The largest absolute Gasteiger partial charge is 0.493 e. The Labute approximate surface area is 137 Å². The number of quaternary nitrogens is 1. The fourth-order valence-electron chi connectivity index (χ4n) is 5.89. The van der Waals surface area contributed by atoms with E-state index in [0.29, 0.717) is 22.9 Å². The summed E-state index contributed by atoms with van der Waals surface area (Å²) in [6.07, 6.45) is 3.10. The van der Waals surface area contributed by atoms with Gasteiger partial charge in [-0.05, 0) is 18.1 Å². The zero-order valence-corrected chi connectivity index (χ0v) is 13.7. The van der Waals surface area contributed by atoms with Crippen molar-refractivity contribution in [1.29, 1.82) is 0 Å². The number of carbonyl (C=O) groups excluding carboxylic acids is 1. The molecule has 5 unspecified atom stereocenters. The highest BCUT2D eigenvalue weighted by Crippen LogP contribution is 2.63. The van der Waals surface area contributed by atoms with Crippen molar-refractivity contribution in [3.63, 3.8) is 0 Å². The SMILES string of the molecule is [CH][N+]1(C)CCC23c4c5ccc(OC)c4OC2C(=O)CCC3C1C5. The number of likely N-dealkylation sites (tertiary alicyclic amines) is 1. The van der Waals surface area contributed by atoms with Gasteiger partial charge in [-0.2, -0.15) is 0 Å². The predicted molar refractivity (Wildman–Crippen MR) is 84.3 cm³/mol. The van der Waals surface area contributed by atoms with E-state index in [1.165, 1.54) is 11.1 Å². The number of ketones is 1. The molecular formula is C19H22NO3+. The monoisotopic (exact) mass is 312 g/mol. The van der Waals surface area contributed by atoms with E-state index >= 15 is 0 Å². The molecule has 4 aliphatic rings. The van der Waals surface area contributed by atoms with Gasteiger partial charge in [-0.15, -0.1) is 0 Å². The standard InChI is InChI=1S/C19H22NO3/c1-20(2)9-8-19-12-5-6-14(21)18(19)23-17-15(22-3)7-4-11(16(17)19)10-13(12)20/h1,4,7,12-13,18H,5-6,8-10H2,2-3H3/q+1. The molecule has 5 atom stereocenters. The molecule has 2 heterocycles. The van der Waals surface area contributed by atoms with E-state index in [9.17, 15) is 4.79 Å². The van der Waals surface area contributed by atoms with Crippen LogP contribution in [0.3, 0.4) is 0 Å². The van der Waals surface area contributed by atoms with Gasteiger partial charge in [0.1, 0.15) is 0 Å². The van der Waals surface area contributed by atoms with E-state index in [1.54, 1.807) is 7.11 Å². The lowest BCUT2D eigenvalue weighted by molar-refractivity contribution is -0.904. The fourth-order valence-corrected chi connectivity index (χ4v) is 5.89. The summed E-state index contributed by atoms with van der Waals surface area (Å²) < 4.78 is 12.3. The molecule has 4 nitrogen and oxygen atoms in total. The normalized spacial score (nSPS) is 38.7. The minimum Gasteiger partial charge on any atom is -0.493 e. The van der Waals surface area contributed by atoms with Crippen LogP contribution >= 0.6 is 0 Å². The molecule has 4 heteroatoms. The number of piperidine rings is 1. The highest BCUT2D eigenvalue weighted by molar-refractivity contribution is 5.89. The molecule has 2 aliphatic carbocycles. The van der Waals surface area contributed by atoms with Gasteiger partial charge in [0, 0.05) is 30.7 Å². The van der Waals surface area contributed by atoms with Crippen LogP contribution in [0, 0.1) is 13.0 Å². The average molecular weight is 312 g/mol. The molecule has 120 valence electrons. The van der Waals surface area contributed by atoms with E-state index < -0.39 is 0 Å². The van der Waals surface area contributed by atoms with Crippen molar-refractivity contribution in [3.8, 4) is 11.5 Å². The first-order valence-electron chi connectivity index (χ1n) is 8.52. The number of ether oxygens (including phenoxy) is 2. The van der Waals surface area contributed by atoms with Gasteiger partial charge in [0.15, 0.2) is 23.4 Å². The number of nitrogens with zero attached hydrogens (tertiary/aromatic N) is 1. The molecule has 1 spiro atoms. The van der Waals surface area contributed by atoms with E-state index in [0.717, 1.165) is 37.3 Å². The molecule has 0 amide bonds. The van der Waals surface area contributed by atoms with Crippen LogP contribution in [0.2, 0.25) is 0 Å². The second kappa shape index (κ2) is 4.10. The van der Waals surface area contributed by atoms with Gasteiger partial charge >= 0.3 is 0 Å². The van der Waals surface area contributed by atoms with Gasteiger partial charge in [-0.25, -0.2) is 0 Å². The van der Waals surface area contributed by atoms with Gasteiger partial charge in [0.2, 0.25) is 7.05 Å². The average Bonchev–Trinajstić information content (AvgIpc) is 2.88. The minimum absolute atomic E-state index is 0.172. The van der Waals surface area contributed by atoms with Crippen molar-refractivity contribution in [2.45, 2.75) is 43.2 Å².